The maximum absolute atomic E-state index is 13.1. The summed E-state index contributed by atoms with van der Waals surface area (Å²) in [4.78, 5) is 27.3. The summed E-state index contributed by atoms with van der Waals surface area (Å²) in [5.74, 6) is -0.170. The van der Waals surface area contributed by atoms with Gasteiger partial charge < -0.3 is 19.3 Å². The quantitative estimate of drug-likeness (QED) is 0.730. The molecule has 7 nitrogen and oxygen atoms in total. The number of thioether (sulfide) groups is 1. The van der Waals surface area contributed by atoms with E-state index in [4.69, 9.17) is 14.2 Å². The van der Waals surface area contributed by atoms with Crippen molar-refractivity contribution in [3.8, 4) is 0 Å². The third-order valence-corrected chi connectivity index (χ3v) is 6.91. The van der Waals surface area contributed by atoms with Crippen LogP contribution in [0.25, 0.3) is 0 Å². The summed E-state index contributed by atoms with van der Waals surface area (Å²) in [7, 11) is 0. The van der Waals surface area contributed by atoms with Crippen molar-refractivity contribution in [1.29, 1.82) is 0 Å². The van der Waals surface area contributed by atoms with E-state index < -0.39 is 41.8 Å². The highest BCUT2D eigenvalue weighted by Gasteiger charge is 2.55. The van der Waals surface area contributed by atoms with Crippen LogP contribution in [-0.4, -0.2) is 64.2 Å². The molecule has 2 saturated heterocycles. The zero-order valence-corrected chi connectivity index (χ0v) is 17.7. The standard InChI is InChI=1S/C23H23NO6S/c1-2-31-23-17(24-20(26)14-10-6-7-11-15(14)21(24)27)18(25)19-22(30-23)28-12-16(29-19)13-8-4-3-5-9-13/h3-11,16-19,22-23,25H,2,12H2,1H3/t16-,17-,18-,19+,22+,23+/m1/s1. The number of fused-ring (bicyclic) bond motifs is 2. The van der Waals surface area contributed by atoms with Gasteiger partial charge in [0.25, 0.3) is 11.8 Å². The molecule has 0 spiro atoms. The second-order valence-corrected chi connectivity index (χ2v) is 9.04. The number of nitrogens with zero attached hydrogens (tertiary/aromatic N) is 1. The van der Waals surface area contributed by atoms with E-state index in [1.165, 1.54) is 11.8 Å². The van der Waals surface area contributed by atoms with Gasteiger partial charge in [0.1, 0.15) is 29.8 Å². The number of hydrogen-bond acceptors (Lipinski definition) is 7. The highest BCUT2D eigenvalue weighted by molar-refractivity contribution is 7.99. The van der Waals surface area contributed by atoms with Gasteiger partial charge in [0.05, 0.1) is 17.7 Å². The first kappa shape index (κ1) is 20.7. The molecule has 2 fully saturated rings. The molecule has 3 aliphatic heterocycles. The molecule has 0 aromatic heterocycles. The molecule has 0 radical (unpaired) electrons. The van der Waals surface area contributed by atoms with Crippen LogP contribution in [0.1, 0.15) is 39.3 Å². The van der Waals surface area contributed by atoms with Crippen LogP contribution in [0.2, 0.25) is 0 Å². The smallest absolute Gasteiger partial charge is 0.262 e. The lowest BCUT2D eigenvalue weighted by Crippen LogP contribution is -2.66. The number of ether oxygens (including phenoxy) is 3. The van der Waals surface area contributed by atoms with E-state index >= 15 is 0 Å². The van der Waals surface area contributed by atoms with E-state index in [1.54, 1.807) is 24.3 Å². The highest BCUT2D eigenvalue weighted by atomic mass is 32.2. The Hall–Kier alpha value is -2.23. The first-order valence-corrected chi connectivity index (χ1v) is 11.4. The number of carbonyl (C=O) groups is 2. The maximum Gasteiger partial charge on any atom is 0.262 e. The van der Waals surface area contributed by atoms with Crippen LogP contribution in [0.4, 0.5) is 0 Å². The summed E-state index contributed by atoms with van der Waals surface area (Å²) < 4.78 is 18.2. The van der Waals surface area contributed by atoms with Crippen LogP contribution in [0.5, 0.6) is 0 Å². The van der Waals surface area contributed by atoms with Gasteiger partial charge in [-0.2, -0.15) is 0 Å². The predicted octanol–water partition coefficient (Wildman–Crippen LogP) is 2.60. The average molecular weight is 442 g/mol. The second kappa shape index (κ2) is 8.37. The molecule has 8 heteroatoms. The number of imide groups is 1. The monoisotopic (exact) mass is 441 g/mol. The Balaban J connectivity index is 1.45. The summed E-state index contributed by atoms with van der Waals surface area (Å²) in [6.45, 7) is 2.24. The second-order valence-electron chi connectivity index (χ2n) is 7.67. The number of carbonyl (C=O) groups excluding carboxylic acids is 2. The zero-order valence-electron chi connectivity index (χ0n) is 16.9. The first-order chi connectivity index (χ1) is 15.1. The first-order valence-electron chi connectivity index (χ1n) is 10.3. The molecular formula is C23H23NO6S. The van der Waals surface area contributed by atoms with Gasteiger partial charge in [0.2, 0.25) is 0 Å². The van der Waals surface area contributed by atoms with E-state index in [2.05, 4.69) is 0 Å². The van der Waals surface area contributed by atoms with Crippen molar-refractivity contribution in [2.75, 3.05) is 12.4 Å². The number of rotatable bonds is 4. The minimum Gasteiger partial charge on any atom is -0.388 e. The van der Waals surface area contributed by atoms with Gasteiger partial charge >= 0.3 is 0 Å². The van der Waals surface area contributed by atoms with E-state index in [-0.39, 0.29) is 6.10 Å². The minimum atomic E-state index is -1.16. The van der Waals surface area contributed by atoms with Gasteiger partial charge in [0.15, 0.2) is 6.29 Å². The molecular weight excluding hydrogens is 418 g/mol. The Morgan fingerprint density at radius 2 is 1.65 bits per heavy atom. The van der Waals surface area contributed by atoms with Crippen LogP contribution in [0, 0.1) is 0 Å². The van der Waals surface area contributed by atoms with E-state index in [9.17, 15) is 14.7 Å². The van der Waals surface area contributed by atoms with Gasteiger partial charge in [-0.3, -0.25) is 14.5 Å². The Morgan fingerprint density at radius 1 is 1.00 bits per heavy atom. The molecule has 2 aromatic carbocycles. The van der Waals surface area contributed by atoms with Crippen LogP contribution >= 0.6 is 11.8 Å². The third kappa shape index (κ3) is 3.48. The maximum atomic E-state index is 13.1. The van der Waals surface area contributed by atoms with Crippen molar-refractivity contribution in [3.63, 3.8) is 0 Å². The van der Waals surface area contributed by atoms with Crippen molar-refractivity contribution < 1.29 is 28.9 Å². The van der Waals surface area contributed by atoms with Crippen molar-refractivity contribution in [1.82, 2.24) is 4.90 Å². The normalized spacial score (nSPS) is 32.6. The summed E-state index contributed by atoms with van der Waals surface area (Å²) in [6, 6.07) is 15.4. The number of hydrogen-bond donors (Lipinski definition) is 1. The Kier molecular flexibility index (Phi) is 5.58. The van der Waals surface area contributed by atoms with Crippen LogP contribution in [-0.2, 0) is 14.2 Å². The molecule has 162 valence electrons. The lowest BCUT2D eigenvalue weighted by atomic mass is 9.98. The minimum absolute atomic E-state index is 0.291. The third-order valence-electron chi connectivity index (χ3n) is 5.86. The number of benzene rings is 2. The number of aliphatic hydroxyl groups excluding tert-OH is 1. The fourth-order valence-electron chi connectivity index (χ4n) is 4.39. The topological polar surface area (TPSA) is 85.3 Å². The zero-order chi connectivity index (χ0) is 21.5. The largest absolute Gasteiger partial charge is 0.388 e. The van der Waals surface area contributed by atoms with Crippen molar-refractivity contribution in [2.45, 2.75) is 43.0 Å². The molecule has 0 unspecified atom stereocenters. The Labute approximate surface area is 184 Å². The predicted molar refractivity (Wildman–Crippen MR) is 114 cm³/mol. The summed E-state index contributed by atoms with van der Waals surface area (Å²) >= 11 is 1.42. The molecule has 2 amide bonds. The van der Waals surface area contributed by atoms with Gasteiger partial charge in [-0.1, -0.05) is 49.4 Å². The SMILES string of the molecule is CCS[C@@H]1O[C@@H]2OC[C@H](c3ccccc3)O[C@H]2[C@H](O)[C@H]1N1C(=O)c2ccccc2C1=O. The molecule has 3 heterocycles. The van der Waals surface area contributed by atoms with Crippen LogP contribution in [0.15, 0.2) is 54.6 Å². The van der Waals surface area contributed by atoms with Crippen molar-refractivity contribution in [3.05, 3.63) is 71.3 Å². The molecule has 3 aliphatic rings. The number of aliphatic hydroxyl groups is 1. The lowest BCUT2D eigenvalue weighted by molar-refractivity contribution is -0.325. The summed E-state index contributed by atoms with van der Waals surface area (Å²) in [5.41, 5.74) is 0.978. The van der Waals surface area contributed by atoms with Crippen LogP contribution in [0.3, 0.4) is 0 Å². The van der Waals surface area contributed by atoms with Gasteiger partial charge in [-0.05, 0) is 23.4 Å². The fourth-order valence-corrected chi connectivity index (χ4v) is 5.39. The van der Waals surface area contributed by atoms with E-state index in [0.29, 0.717) is 23.5 Å². The van der Waals surface area contributed by atoms with Crippen LogP contribution < -0.4 is 0 Å². The molecule has 0 saturated carbocycles. The highest BCUT2D eigenvalue weighted by Crippen LogP contribution is 2.40. The van der Waals surface area contributed by atoms with Gasteiger partial charge in [0, 0.05) is 0 Å². The van der Waals surface area contributed by atoms with Gasteiger partial charge in [-0.25, -0.2) is 0 Å². The van der Waals surface area contributed by atoms with Gasteiger partial charge in [-0.15, -0.1) is 11.8 Å². The molecule has 0 bridgehead atoms. The van der Waals surface area contributed by atoms with E-state index in [1.807, 2.05) is 37.3 Å². The van der Waals surface area contributed by atoms with Crippen molar-refractivity contribution >= 4 is 23.6 Å². The molecule has 5 rings (SSSR count). The van der Waals surface area contributed by atoms with E-state index in [0.717, 1.165) is 10.5 Å². The molecule has 0 aliphatic carbocycles. The van der Waals surface area contributed by atoms with Crippen molar-refractivity contribution in [2.24, 2.45) is 0 Å². The molecule has 2 aromatic rings. The number of amides is 2. The molecule has 1 N–H and O–H groups in total. The lowest BCUT2D eigenvalue weighted by Gasteiger charge is -2.49. The molecule has 6 atom stereocenters. The Bertz CT molecular complexity index is 950. The summed E-state index contributed by atoms with van der Waals surface area (Å²) in [5, 5.41) is 11.4. The average Bonchev–Trinajstić information content (AvgIpc) is 3.05. The summed E-state index contributed by atoms with van der Waals surface area (Å²) in [6.07, 6.45) is -3.14. The molecule has 31 heavy (non-hydrogen) atoms. The Morgan fingerprint density at radius 3 is 2.29 bits per heavy atom. The fraction of sp³-hybridized carbons (Fsp3) is 0.391.